The lowest BCUT2D eigenvalue weighted by Crippen LogP contribution is -2.36. The Labute approximate surface area is 196 Å². The molecule has 6 nitrogen and oxygen atoms in total. The monoisotopic (exact) mass is 459 g/mol. The van der Waals surface area contributed by atoms with Gasteiger partial charge in [-0.05, 0) is 48.4 Å². The molecule has 0 unspecified atom stereocenters. The van der Waals surface area contributed by atoms with Gasteiger partial charge in [0, 0.05) is 34.6 Å². The first-order chi connectivity index (χ1) is 16.1. The van der Waals surface area contributed by atoms with Crippen LogP contribution >= 0.6 is 11.6 Å². The lowest BCUT2D eigenvalue weighted by molar-refractivity contribution is 0.0730. The number of rotatable bonds is 4. The van der Waals surface area contributed by atoms with Crippen LogP contribution in [0.15, 0.2) is 60.7 Å². The van der Waals surface area contributed by atoms with Gasteiger partial charge in [-0.25, -0.2) is 9.97 Å². The molecule has 0 aliphatic carbocycles. The highest BCUT2D eigenvalue weighted by molar-refractivity contribution is 6.30. The molecular weight excluding hydrogens is 438 g/mol. The molecule has 0 atom stereocenters. The number of para-hydroxylation sites is 1. The number of carbonyl (C=O) groups excluding carboxylic acids is 1. The van der Waals surface area contributed by atoms with E-state index < -0.39 is 0 Å². The van der Waals surface area contributed by atoms with Crippen LogP contribution in [0.3, 0.4) is 0 Å². The quantitative estimate of drug-likeness (QED) is 0.421. The first-order valence-corrected chi connectivity index (χ1v) is 11.0. The maximum atomic E-state index is 13.7. The van der Waals surface area contributed by atoms with E-state index in [0.717, 1.165) is 33.3 Å². The second-order valence-electron chi connectivity index (χ2n) is 7.84. The summed E-state index contributed by atoms with van der Waals surface area (Å²) in [7, 11) is 3.27. The summed E-state index contributed by atoms with van der Waals surface area (Å²) in [5.41, 5.74) is 4.05. The summed E-state index contributed by atoms with van der Waals surface area (Å²) >= 11 is 6.04. The van der Waals surface area contributed by atoms with Gasteiger partial charge in [-0.2, -0.15) is 0 Å². The van der Waals surface area contributed by atoms with E-state index in [1.54, 1.807) is 26.4 Å². The Hall–Kier alpha value is -3.64. The van der Waals surface area contributed by atoms with E-state index in [4.69, 9.17) is 26.1 Å². The Kier molecular flexibility index (Phi) is 5.60. The molecule has 0 N–H and O–H groups in total. The Morgan fingerprint density at radius 2 is 1.76 bits per heavy atom. The van der Waals surface area contributed by atoms with Crippen LogP contribution < -0.4 is 9.47 Å². The SMILES string of the molecule is COc1ccc2c(c1OC)CCN(C(=O)c1nc(-c3ccc(Cl)cc3)nc3ccccc13)C2. The van der Waals surface area contributed by atoms with Gasteiger partial charge in [-0.1, -0.05) is 35.9 Å². The number of fused-ring (bicyclic) bond motifs is 2. The van der Waals surface area contributed by atoms with E-state index in [2.05, 4.69) is 4.98 Å². The Balaban J connectivity index is 1.54. The van der Waals surface area contributed by atoms with Crippen molar-refractivity contribution in [2.24, 2.45) is 0 Å². The van der Waals surface area contributed by atoms with Crippen molar-refractivity contribution in [3.63, 3.8) is 0 Å². The van der Waals surface area contributed by atoms with Crippen LogP contribution in [0.25, 0.3) is 22.3 Å². The number of carbonyl (C=O) groups is 1. The highest BCUT2D eigenvalue weighted by Crippen LogP contribution is 2.37. The topological polar surface area (TPSA) is 64.6 Å². The molecule has 3 aromatic carbocycles. The minimum absolute atomic E-state index is 0.121. The van der Waals surface area contributed by atoms with E-state index in [1.165, 1.54) is 0 Å². The van der Waals surface area contributed by atoms with Crippen molar-refractivity contribution >= 4 is 28.4 Å². The fourth-order valence-corrected chi connectivity index (χ4v) is 4.40. The molecule has 0 radical (unpaired) electrons. The minimum Gasteiger partial charge on any atom is -0.493 e. The number of nitrogens with zero attached hydrogens (tertiary/aromatic N) is 3. The van der Waals surface area contributed by atoms with Gasteiger partial charge >= 0.3 is 0 Å². The highest BCUT2D eigenvalue weighted by atomic mass is 35.5. The number of amides is 1. The molecule has 5 rings (SSSR count). The molecule has 0 fully saturated rings. The van der Waals surface area contributed by atoms with Crippen molar-refractivity contribution in [1.82, 2.24) is 14.9 Å². The lowest BCUT2D eigenvalue weighted by atomic mass is 9.97. The Bertz CT molecular complexity index is 1360. The number of hydrogen-bond donors (Lipinski definition) is 0. The summed E-state index contributed by atoms with van der Waals surface area (Å²) in [6.07, 6.45) is 0.675. The molecule has 0 bridgehead atoms. The molecule has 1 amide bonds. The maximum absolute atomic E-state index is 13.7. The number of benzene rings is 3. The van der Waals surface area contributed by atoms with Crippen LogP contribution in [0.4, 0.5) is 0 Å². The molecule has 0 spiro atoms. The average Bonchev–Trinajstić information content (AvgIpc) is 2.86. The van der Waals surface area contributed by atoms with Gasteiger partial charge in [0.1, 0.15) is 5.69 Å². The zero-order chi connectivity index (χ0) is 22.9. The molecule has 7 heteroatoms. The zero-order valence-corrected chi connectivity index (χ0v) is 19.1. The van der Waals surface area contributed by atoms with Gasteiger partial charge in [-0.15, -0.1) is 0 Å². The van der Waals surface area contributed by atoms with Gasteiger partial charge in [0.25, 0.3) is 5.91 Å². The van der Waals surface area contributed by atoms with Crippen molar-refractivity contribution in [3.05, 3.63) is 82.5 Å². The summed E-state index contributed by atoms with van der Waals surface area (Å²) < 4.78 is 11.0. The molecule has 1 aromatic heterocycles. The number of aromatic nitrogens is 2. The van der Waals surface area contributed by atoms with E-state index >= 15 is 0 Å². The summed E-state index contributed by atoms with van der Waals surface area (Å²) in [5.74, 6) is 1.81. The van der Waals surface area contributed by atoms with Crippen LogP contribution in [0.5, 0.6) is 11.5 Å². The van der Waals surface area contributed by atoms with Crippen molar-refractivity contribution in [1.29, 1.82) is 0 Å². The highest BCUT2D eigenvalue weighted by Gasteiger charge is 2.28. The van der Waals surface area contributed by atoms with Crippen LogP contribution in [0, 0.1) is 0 Å². The number of hydrogen-bond acceptors (Lipinski definition) is 5. The predicted molar refractivity (Wildman–Crippen MR) is 128 cm³/mol. The van der Waals surface area contributed by atoms with Gasteiger partial charge in [0.2, 0.25) is 0 Å². The second-order valence-corrected chi connectivity index (χ2v) is 8.27. The molecular formula is C26H22ClN3O3. The molecule has 2 heterocycles. The number of methoxy groups -OCH3 is 2. The molecule has 166 valence electrons. The number of ether oxygens (including phenoxy) is 2. The third kappa shape index (κ3) is 3.87. The fraction of sp³-hybridized carbons (Fsp3) is 0.192. The van der Waals surface area contributed by atoms with Crippen molar-refractivity contribution < 1.29 is 14.3 Å². The average molecular weight is 460 g/mol. The standard InChI is InChI=1S/C26H22ClN3O3/c1-32-22-12-9-17-15-30(14-13-19(17)24(22)33-2)26(31)23-20-5-3-4-6-21(20)28-25(29-23)16-7-10-18(27)11-8-16/h3-12H,13-15H2,1-2H3. The summed E-state index contributed by atoms with van der Waals surface area (Å²) in [6, 6.07) is 18.8. The number of halogens is 1. The van der Waals surface area contributed by atoms with Crippen molar-refractivity contribution in [3.8, 4) is 22.9 Å². The van der Waals surface area contributed by atoms with Crippen LogP contribution in [-0.2, 0) is 13.0 Å². The molecule has 4 aromatic rings. The lowest BCUT2D eigenvalue weighted by Gasteiger charge is -2.30. The maximum Gasteiger partial charge on any atom is 0.273 e. The zero-order valence-electron chi connectivity index (χ0n) is 18.3. The van der Waals surface area contributed by atoms with E-state index in [-0.39, 0.29) is 5.91 Å². The normalized spacial score (nSPS) is 13.0. The van der Waals surface area contributed by atoms with E-state index in [0.29, 0.717) is 41.8 Å². The van der Waals surface area contributed by atoms with Gasteiger partial charge in [0.05, 0.1) is 19.7 Å². The fourth-order valence-electron chi connectivity index (χ4n) is 4.28. The molecule has 1 aliphatic rings. The predicted octanol–water partition coefficient (Wildman–Crippen LogP) is 5.17. The first kappa shape index (κ1) is 21.2. The van der Waals surface area contributed by atoms with Gasteiger partial charge in [0.15, 0.2) is 17.3 Å². The molecule has 0 saturated heterocycles. The minimum atomic E-state index is -0.121. The third-order valence-electron chi connectivity index (χ3n) is 5.93. The first-order valence-electron chi connectivity index (χ1n) is 10.6. The summed E-state index contributed by atoms with van der Waals surface area (Å²) in [6.45, 7) is 1.03. The largest absolute Gasteiger partial charge is 0.493 e. The Morgan fingerprint density at radius 3 is 2.52 bits per heavy atom. The van der Waals surface area contributed by atoms with Crippen LogP contribution in [-0.4, -0.2) is 41.5 Å². The van der Waals surface area contributed by atoms with Gasteiger partial charge < -0.3 is 14.4 Å². The molecule has 33 heavy (non-hydrogen) atoms. The van der Waals surface area contributed by atoms with E-state index in [1.807, 2.05) is 53.4 Å². The summed E-state index contributed by atoms with van der Waals surface area (Å²) in [4.78, 5) is 24.9. The van der Waals surface area contributed by atoms with E-state index in [9.17, 15) is 4.79 Å². The van der Waals surface area contributed by atoms with Crippen molar-refractivity contribution in [2.75, 3.05) is 20.8 Å². The summed E-state index contributed by atoms with van der Waals surface area (Å²) in [5, 5.41) is 1.37. The third-order valence-corrected chi connectivity index (χ3v) is 6.19. The smallest absolute Gasteiger partial charge is 0.273 e. The van der Waals surface area contributed by atoms with Crippen molar-refractivity contribution in [2.45, 2.75) is 13.0 Å². The van der Waals surface area contributed by atoms with Gasteiger partial charge in [-0.3, -0.25) is 4.79 Å². The molecule has 0 saturated carbocycles. The van der Waals surface area contributed by atoms with Crippen LogP contribution in [0.2, 0.25) is 5.02 Å². The second kappa shape index (κ2) is 8.71. The molecule has 1 aliphatic heterocycles. The Morgan fingerprint density at radius 1 is 0.970 bits per heavy atom. The van der Waals surface area contributed by atoms with Crippen LogP contribution in [0.1, 0.15) is 21.6 Å².